The molecule has 0 heterocycles. The molecule has 0 aliphatic heterocycles. The highest BCUT2D eigenvalue weighted by atomic mass is 28.4. The van der Waals surface area contributed by atoms with Crippen molar-refractivity contribution in [2.24, 2.45) is 0 Å². The summed E-state index contributed by atoms with van der Waals surface area (Å²) in [6, 6.07) is 0. The Bertz CT molecular complexity index is 418. The second-order valence-corrected chi connectivity index (χ2v) is 11.0. The lowest BCUT2D eigenvalue weighted by Gasteiger charge is -2.38. The van der Waals surface area contributed by atoms with Gasteiger partial charge in [0.1, 0.15) is 6.10 Å². The van der Waals surface area contributed by atoms with Crippen molar-refractivity contribution in [3.05, 3.63) is 12.2 Å². The Labute approximate surface area is 113 Å². The number of hydrogen-bond acceptors (Lipinski definition) is 1. The molecule has 0 saturated carbocycles. The fraction of sp³-hybridized carbons (Fsp3) is 0.625. The van der Waals surface area contributed by atoms with Gasteiger partial charge in [-0.2, -0.15) is 0 Å². The molecule has 0 fully saturated rings. The van der Waals surface area contributed by atoms with Crippen LogP contribution in [0.15, 0.2) is 12.2 Å². The van der Waals surface area contributed by atoms with Gasteiger partial charge in [-0.3, -0.25) is 0 Å². The third-order valence-corrected chi connectivity index (χ3v) is 8.09. The molecule has 1 aliphatic rings. The summed E-state index contributed by atoms with van der Waals surface area (Å²) >= 11 is 0. The van der Waals surface area contributed by atoms with Crippen LogP contribution in [0.25, 0.3) is 0 Å². The molecule has 1 unspecified atom stereocenters. The molecule has 0 bridgehead atoms. The van der Waals surface area contributed by atoms with Gasteiger partial charge >= 0.3 is 0 Å². The van der Waals surface area contributed by atoms with Crippen molar-refractivity contribution in [3.8, 4) is 23.7 Å². The van der Waals surface area contributed by atoms with Crippen molar-refractivity contribution in [1.29, 1.82) is 0 Å². The monoisotopic (exact) mass is 260 g/mol. The van der Waals surface area contributed by atoms with E-state index in [1.807, 2.05) is 12.2 Å². The lowest BCUT2D eigenvalue weighted by Crippen LogP contribution is -2.43. The van der Waals surface area contributed by atoms with Crippen molar-refractivity contribution >= 4 is 8.32 Å². The molecule has 0 N–H and O–H groups in total. The first-order valence-electron chi connectivity index (χ1n) is 6.65. The third kappa shape index (κ3) is 4.73. The minimum absolute atomic E-state index is 0.0652. The average Bonchev–Trinajstić information content (AvgIpc) is 2.25. The van der Waals surface area contributed by atoms with Gasteiger partial charge < -0.3 is 4.43 Å². The van der Waals surface area contributed by atoms with Crippen LogP contribution in [0.3, 0.4) is 0 Å². The molecule has 0 amide bonds. The Hall–Kier alpha value is -0.963. The van der Waals surface area contributed by atoms with Crippen LogP contribution in [0.4, 0.5) is 0 Å². The molecule has 18 heavy (non-hydrogen) atoms. The van der Waals surface area contributed by atoms with E-state index in [4.69, 9.17) is 4.43 Å². The second kappa shape index (κ2) is 6.28. The van der Waals surface area contributed by atoms with Crippen LogP contribution in [-0.4, -0.2) is 14.4 Å². The molecule has 1 atom stereocenters. The van der Waals surface area contributed by atoms with E-state index >= 15 is 0 Å². The molecular formula is C16H24OSi. The SMILES string of the molecule is CC(C)(C)[Si](C)(C)OC1C#C/C=C\C#CCCC1. The summed E-state index contributed by atoms with van der Waals surface area (Å²) in [6.45, 7) is 11.3. The highest BCUT2D eigenvalue weighted by Crippen LogP contribution is 2.37. The van der Waals surface area contributed by atoms with E-state index in [0.29, 0.717) is 0 Å². The summed E-state index contributed by atoms with van der Waals surface area (Å²) in [7, 11) is -1.72. The van der Waals surface area contributed by atoms with Crippen molar-refractivity contribution in [2.45, 2.75) is 64.3 Å². The van der Waals surface area contributed by atoms with Crippen LogP contribution in [-0.2, 0) is 4.43 Å². The van der Waals surface area contributed by atoms with Crippen molar-refractivity contribution in [1.82, 2.24) is 0 Å². The smallest absolute Gasteiger partial charge is 0.193 e. The van der Waals surface area contributed by atoms with E-state index in [9.17, 15) is 0 Å². The van der Waals surface area contributed by atoms with E-state index in [0.717, 1.165) is 19.3 Å². The maximum Gasteiger partial charge on any atom is 0.193 e. The summed E-state index contributed by atoms with van der Waals surface area (Å²) < 4.78 is 6.36. The lowest BCUT2D eigenvalue weighted by atomic mass is 10.1. The van der Waals surface area contributed by atoms with Crippen LogP contribution < -0.4 is 0 Å². The Morgan fingerprint density at radius 1 is 1.17 bits per heavy atom. The van der Waals surface area contributed by atoms with Gasteiger partial charge in [0.05, 0.1) is 0 Å². The minimum Gasteiger partial charge on any atom is -0.403 e. The summed E-state index contributed by atoms with van der Waals surface area (Å²) in [5, 5.41) is 0.236. The van der Waals surface area contributed by atoms with Crippen LogP contribution in [0.5, 0.6) is 0 Å². The summed E-state index contributed by atoms with van der Waals surface area (Å²) in [5.41, 5.74) is 0. The topological polar surface area (TPSA) is 9.23 Å². The fourth-order valence-electron chi connectivity index (χ4n) is 1.42. The summed E-state index contributed by atoms with van der Waals surface area (Å²) in [6.07, 6.45) is 6.69. The molecule has 98 valence electrons. The van der Waals surface area contributed by atoms with Crippen LogP contribution in [0.2, 0.25) is 18.1 Å². The van der Waals surface area contributed by atoms with E-state index in [1.54, 1.807) is 0 Å². The van der Waals surface area contributed by atoms with E-state index in [1.165, 1.54) is 0 Å². The van der Waals surface area contributed by atoms with Crippen LogP contribution in [0.1, 0.15) is 40.0 Å². The molecule has 2 heteroatoms. The third-order valence-electron chi connectivity index (χ3n) is 3.61. The zero-order valence-electron chi connectivity index (χ0n) is 12.3. The quantitative estimate of drug-likeness (QED) is 0.536. The number of hydrogen-bond donors (Lipinski definition) is 0. The first-order chi connectivity index (χ1) is 8.33. The molecule has 0 spiro atoms. The van der Waals surface area contributed by atoms with E-state index < -0.39 is 8.32 Å². The summed E-state index contributed by atoms with van der Waals surface area (Å²) in [4.78, 5) is 0. The highest BCUT2D eigenvalue weighted by molar-refractivity contribution is 6.74. The van der Waals surface area contributed by atoms with Crippen molar-refractivity contribution in [3.63, 3.8) is 0 Å². The maximum absolute atomic E-state index is 6.36. The predicted molar refractivity (Wildman–Crippen MR) is 80.6 cm³/mol. The largest absolute Gasteiger partial charge is 0.403 e. The zero-order valence-corrected chi connectivity index (χ0v) is 13.3. The average molecular weight is 260 g/mol. The van der Waals surface area contributed by atoms with Gasteiger partial charge in [-0.25, -0.2) is 0 Å². The molecule has 0 radical (unpaired) electrons. The molecule has 0 aromatic carbocycles. The normalized spacial score (nSPS) is 22.2. The Kier molecular flexibility index (Phi) is 5.26. The number of allylic oxidation sites excluding steroid dienone is 2. The molecular weight excluding hydrogens is 236 g/mol. The predicted octanol–water partition coefficient (Wildman–Crippen LogP) is 4.12. The van der Waals surface area contributed by atoms with Crippen LogP contribution in [0, 0.1) is 23.7 Å². The zero-order chi connectivity index (χ0) is 13.6. The van der Waals surface area contributed by atoms with Gasteiger partial charge in [0, 0.05) is 6.42 Å². The number of rotatable bonds is 2. The van der Waals surface area contributed by atoms with E-state index in [-0.39, 0.29) is 11.1 Å². The highest BCUT2D eigenvalue weighted by Gasteiger charge is 2.38. The first-order valence-corrected chi connectivity index (χ1v) is 9.56. The van der Waals surface area contributed by atoms with Gasteiger partial charge in [0.15, 0.2) is 8.32 Å². The standard InChI is InChI=1S/C16H24OSi/c1-16(2,3)18(4,5)17-15-13-11-9-7-6-8-10-12-14-15/h7,9,15H,10,12,14H2,1-5H3/b9-7-. The maximum atomic E-state index is 6.36. The minimum atomic E-state index is -1.72. The molecule has 0 saturated heterocycles. The molecule has 0 aromatic heterocycles. The van der Waals surface area contributed by atoms with Crippen molar-refractivity contribution in [2.75, 3.05) is 0 Å². The molecule has 1 rings (SSSR count). The first kappa shape index (κ1) is 15.1. The second-order valence-electron chi connectivity index (χ2n) is 6.20. The van der Waals surface area contributed by atoms with E-state index in [2.05, 4.69) is 57.5 Å². The Balaban J connectivity index is 2.74. The fourth-order valence-corrected chi connectivity index (χ4v) is 2.67. The van der Waals surface area contributed by atoms with Gasteiger partial charge in [0.2, 0.25) is 0 Å². The van der Waals surface area contributed by atoms with Gasteiger partial charge in [0.25, 0.3) is 0 Å². The molecule has 1 aliphatic carbocycles. The van der Waals surface area contributed by atoms with Crippen LogP contribution >= 0.6 is 0 Å². The molecule has 1 nitrogen and oxygen atoms in total. The Morgan fingerprint density at radius 3 is 2.50 bits per heavy atom. The summed E-state index contributed by atoms with van der Waals surface area (Å²) in [5.74, 6) is 12.4. The van der Waals surface area contributed by atoms with Gasteiger partial charge in [-0.05, 0) is 43.1 Å². The van der Waals surface area contributed by atoms with Crippen molar-refractivity contribution < 1.29 is 4.43 Å². The van der Waals surface area contributed by atoms with Gasteiger partial charge in [-0.1, -0.05) is 44.5 Å². The lowest BCUT2D eigenvalue weighted by molar-refractivity contribution is 0.221. The Morgan fingerprint density at radius 2 is 1.83 bits per heavy atom. The molecule has 0 aromatic rings. The van der Waals surface area contributed by atoms with Gasteiger partial charge in [-0.15, -0.1) is 0 Å².